The van der Waals surface area contributed by atoms with Gasteiger partial charge in [0.15, 0.2) is 0 Å². The predicted molar refractivity (Wildman–Crippen MR) is 48.1 cm³/mol. The van der Waals surface area contributed by atoms with Crippen LogP contribution in [0.2, 0.25) is 0 Å². The van der Waals surface area contributed by atoms with Gasteiger partial charge in [-0.1, -0.05) is 18.2 Å². The number of nitrogens with zero attached hydrogens (tertiary/aromatic N) is 1. The Balaban J connectivity index is 3.21. The largest absolute Gasteiger partial charge is 0.360 e. The quantitative estimate of drug-likeness (QED) is 0.312. The molecule has 1 aromatic carbocycles. The van der Waals surface area contributed by atoms with Gasteiger partial charge in [-0.25, -0.2) is 0 Å². The van der Waals surface area contributed by atoms with Gasteiger partial charge >= 0.3 is 5.66 Å². The van der Waals surface area contributed by atoms with E-state index in [0.717, 1.165) is 0 Å². The Labute approximate surface area is 75.5 Å². The Morgan fingerprint density at radius 1 is 1.46 bits per heavy atom. The van der Waals surface area contributed by atoms with Gasteiger partial charge in [0.05, 0.1) is 10.5 Å². The van der Waals surface area contributed by atoms with E-state index in [2.05, 4.69) is 0 Å². The molecular formula is C9H8N2O2. The van der Waals surface area contributed by atoms with Gasteiger partial charge in [0.25, 0.3) is 0 Å². The van der Waals surface area contributed by atoms with Gasteiger partial charge in [0.1, 0.15) is 0 Å². The lowest BCUT2D eigenvalue weighted by Gasteiger charge is -2.13. The van der Waals surface area contributed by atoms with Gasteiger partial charge in [-0.15, -0.1) is 6.42 Å². The Hall–Kier alpha value is -1.86. The highest BCUT2D eigenvalue weighted by Crippen LogP contribution is 2.16. The average Bonchev–Trinajstić information content (AvgIpc) is 2.17. The second-order valence-corrected chi connectivity index (χ2v) is 2.53. The molecule has 0 heterocycles. The summed E-state index contributed by atoms with van der Waals surface area (Å²) in [7, 11) is 0. The molecule has 0 aliphatic rings. The van der Waals surface area contributed by atoms with E-state index in [1.807, 2.05) is 5.92 Å². The SMILES string of the molecule is C#CC(N)(c1ccccc1)[N+](=O)[O-]. The van der Waals surface area contributed by atoms with E-state index in [-0.39, 0.29) is 0 Å². The standard InChI is InChI=1S/C9H8N2O2/c1-2-9(10,11(12)13)8-6-4-3-5-7-8/h1,3-7H,10H2. The second kappa shape index (κ2) is 3.25. The molecule has 2 N–H and O–H groups in total. The number of rotatable bonds is 2. The molecule has 0 aromatic heterocycles. The van der Waals surface area contributed by atoms with E-state index in [1.165, 1.54) is 12.1 Å². The van der Waals surface area contributed by atoms with Crippen molar-refractivity contribution < 1.29 is 4.92 Å². The Morgan fingerprint density at radius 3 is 2.38 bits per heavy atom. The average molecular weight is 176 g/mol. The molecule has 0 bridgehead atoms. The summed E-state index contributed by atoms with van der Waals surface area (Å²) in [4.78, 5) is 9.91. The number of hydrogen-bond acceptors (Lipinski definition) is 3. The van der Waals surface area contributed by atoms with Crippen LogP contribution in [0.1, 0.15) is 5.56 Å². The minimum absolute atomic E-state index is 0.308. The van der Waals surface area contributed by atoms with Crippen molar-refractivity contribution in [2.75, 3.05) is 0 Å². The van der Waals surface area contributed by atoms with Crippen LogP contribution in [0.15, 0.2) is 30.3 Å². The van der Waals surface area contributed by atoms with Gasteiger partial charge in [-0.2, -0.15) is 0 Å². The molecule has 0 fully saturated rings. The van der Waals surface area contributed by atoms with Gasteiger partial charge in [0.2, 0.25) is 0 Å². The number of hydrogen-bond donors (Lipinski definition) is 1. The lowest BCUT2D eigenvalue weighted by molar-refractivity contribution is -0.559. The smallest absolute Gasteiger partial charge is 0.261 e. The molecule has 0 spiro atoms. The van der Waals surface area contributed by atoms with Crippen LogP contribution in [-0.2, 0) is 5.66 Å². The first-order valence-corrected chi connectivity index (χ1v) is 3.58. The summed E-state index contributed by atoms with van der Waals surface area (Å²) in [6.07, 6.45) is 5.02. The first-order valence-electron chi connectivity index (χ1n) is 3.58. The minimum atomic E-state index is -1.92. The molecule has 0 aliphatic carbocycles. The normalized spacial score (nSPS) is 14.2. The summed E-state index contributed by atoms with van der Waals surface area (Å²) in [5, 5.41) is 10.6. The van der Waals surface area contributed by atoms with Crippen molar-refractivity contribution in [2.24, 2.45) is 5.73 Å². The molecule has 0 saturated carbocycles. The first-order chi connectivity index (χ1) is 6.11. The van der Waals surface area contributed by atoms with Crippen molar-refractivity contribution in [1.82, 2.24) is 0 Å². The van der Waals surface area contributed by atoms with Crippen LogP contribution in [0.5, 0.6) is 0 Å². The van der Waals surface area contributed by atoms with Crippen LogP contribution in [0.25, 0.3) is 0 Å². The van der Waals surface area contributed by atoms with E-state index in [0.29, 0.717) is 5.56 Å². The molecule has 1 aromatic rings. The topological polar surface area (TPSA) is 69.2 Å². The summed E-state index contributed by atoms with van der Waals surface area (Å²) >= 11 is 0. The van der Waals surface area contributed by atoms with Crippen molar-refractivity contribution in [3.8, 4) is 12.3 Å². The molecule has 4 nitrogen and oxygen atoms in total. The van der Waals surface area contributed by atoms with Crippen LogP contribution in [0.4, 0.5) is 0 Å². The molecule has 1 rings (SSSR count). The highest BCUT2D eigenvalue weighted by Gasteiger charge is 2.37. The summed E-state index contributed by atoms with van der Waals surface area (Å²) < 4.78 is 0. The monoisotopic (exact) mass is 176 g/mol. The Morgan fingerprint density at radius 2 is 2.00 bits per heavy atom. The summed E-state index contributed by atoms with van der Waals surface area (Å²) in [5.41, 5.74) is 3.82. The molecule has 66 valence electrons. The predicted octanol–water partition coefficient (Wildman–Crippen LogP) is 0.708. The first kappa shape index (κ1) is 9.23. The molecule has 1 atom stereocenters. The fraction of sp³-hybridized carbons (Fsp3) is 0.111. The third-order valence-corrected chi connectivity index (χ3v) is 1.72. The molecule has 13 heavy (non-hydrogen) atoms. The Bertz CT molecular complexity index is 356. The maximum absolute atomic E-state index is 10.6. The molecule has 0 aliphatic heterocycles. The van der Waals surface area contributed by atoms with Crippen molar-refractivity contribution in [2.45, 2.75) is 5.66 Å². The van der Waals surface area contributed by atoms with Crippen molar-refractivity contribution in [3.05, 3.63) is 46.0 Å². The minimum Gasteiger partial charge on any atom is -0.261 e. The molecule has 0 amide bonds. The van der Waals surface area contributed by atoms with Crippen molar-refractivity contribution >= 4 is 0 Å². The van der Waals surface area contributed by atoms with Gasteiger partial charge < -0.3 is 0 Å². The number of nitro groups is 1. The number of benzene rings is 1. The summed E-state index contributed by atoms with van der Waals surface area (Å²) in [5.74, 6) is 1.97. The van der Waals surface area contributed by atoms with Gasteiger partial charge in [-0.05, 0) is 18.1 Å². The third-order valence-electron chi connectivity index (χ3n) is 1.72. The highest BCUT2D eigenvalue weighted by molar-refractivity contribution is 5.28. The summed E-state index contributed by atoms with van der Waals surface area (Å²) in [6, 6.07) is 8.10. The zero-order valence-electron chi connectivity index (χ0n) is 6.81. The highest BCUT2D eigenvalue weighted by atomic mass is 16.6. The maximum atomic E-state index is 10.6. The number of nitrogens with two attached hydrogens (primary N) is 1. The van der Waals surface area contributed by atoms with Crippen LogP contribution in [0, 0.1) is 22.5 Å². The third kappa shape index (κ3) is 1.50. The molecular weight excluding hydrogens is 168 g/mol. The number of terminal acetylenes is 1. The van der Waals surface area contributed by atoms with E-state index >= 15 is 0 Å². The lowest BCUT2D eigenvalue weighted by atomic mass is 10.0. The van der Waals surface area contributed by atoms with Crippen LogP contribution >= 0.6 is 0 Å². The zero-order valence-corrected chi connectivity index (χ0v) is 6.81. The maximum Gasteiger partial charge on any atom is 0.360 e. The lowest BCUT2D eigenvalue weighted by Crippen LogP contribution is -2.43. The summed E-state index contributed by atoms with van der Waals surface area (Å²) in [6.45, 7) is 0. The van der Waals surface area contributed by atoms with Gasteiger partial charge in [-0.3, -0.25) is 15.8 Å². The van der Waals surface area contributed by atoms with Crippen molar-refractivity contribution in [1.29, 1.82) is 0 Å². The molecule has 1 unspecified atom stereocenters. The molecule has 0 saturated heterocycles. The van der Waals surface area contributed by atoms with E-state index < -0.39 is 10.6 Å². The fourth-order valence-corrected chi connectivity index (χ4v) is 0.934. The van der Waals surface area contributed by atoms with Crippen LogP contribution in [0.3, 0.4) is 0 Å². The van der Waals surface area contributed by atoms with E-state index in [9.17, 15) is 10.1 Å². The van der Waals surface area contributed by atoms with Crippen LogP contribution < -0.4 is 5.73 Å². The fourth-order valence-electron chi connectivity index (χ4n) is 0.934. The second-order valence-electron chi connectivity index (χ2n) is 2.53. The Kier molecular flexibility index (Phi) is 2.31. The van der Waals surface area contributed by atoms with Gasteiger partial charge in [0, 0.05) is 0 Å². The molecule has 0 radical (unpaired) electrons. The van der Waals surface area contributed by atoms with E-state index in [1.54, 1.807) is 18.2 Å². The van der Waals surface area contributed by atoms with Crippen molar-refractivity contribution in [3.63, 3.8) is 0 Å². The van der Waals surface area contributed by atoms with E-state index in [4.69, 9.17) is 12.2 Å². The molecule has 4 heteroatoms. The van der Waals surface area contributed by atoms with Crippen LogP contribution in [-0.4, -0.2) is 4.92 Å². The zero-order chi connectivity index (χ0) is 9.90.